The van der Waals surface area contributed by atoms with Crippen molar-refractivity contribution in [1.29, 1.82) is 0 Å². The molecule has 0 bridgehead atoms. The lowest BCUT2D eigenvalue weighted by Crippen LogP contribution is -2.53. The first-order valence-electron chi connectivity index (χ1n) is 12.3. The van der Waals surface area contributed by atoms with E-state index in [4.69, 9.17) is 4.18 Å². The first-order chi connectivity index (χ1) is 14.6. The highest BCUT2D eigenvalue weighted by Crippen LogP contribution is 2.66. The zero-order valence-electron chi connectivity index (χ0n) is 19.2. The second-order valence-electron chi connectivity index (χ2n) is 11.5. The number of benzene rings is 1. The van der Waals surface area contributed by atoms with E-state index in [2.05, 4.69) is 13.8 Å². The van der Waals surface area contributed by atoms with Crippen LogP contribution in [0.3, 0.4) is 0 Å². The number of aryl methyl sites for hydroxylation is 1. The van der Waals surface area contributed by atoms with E-state index in [9.17, 15) is 13.5 Å². The van der Waals surface area contributed by atoms with Gasteiger partial charge in [0.25, 0.3) is 10.1 Å². The second-order valence-corrected chi connectivity index (χ2v) is 13.1. The predicted octanol–water partition coefficient (Wildman–Crippen LogP) is 5.47. The molecule has 4 aliphatic rings. The molecular weight excluding hydrogens is 408 g/mol. The van der Waals surface area contributed by atoms with Gasteiger partial charge in [-0.3, -0.25) is 4.18 Å². The quantitative estimate of drug-likeness (QED) is 0.625. The molecule has 0 spiro atoms. The first-order valence-corrected chi connectivity index (χ1v) is 13.7. The van der Waals surface area contributed by atoms with E-state index < -0.39 is 22.3 Å². The largest absolute Gasteiger partial charge is 0.390 e. The molecule has 172 valence electrons. The van der Waals surface area contributed by atoms with Crippen molar-refractivity contribution in [2.24, 2.45) is 34.5 Å². The van der Waals surface area contributed by atoms with Crippen LogP contribution in [0.15, 0.2) is 29.2 Å². The van der Waals surface area contributed by atoms with Crippen LogP contribution in [-0.4, -0.2) is 25.7 Å². The number of aliphatic hydroxyl groups is 1. The number of hydrogen-bond donors (Lipinski definition) is 1. The maximum atomic E-state index is 12.9. The fraction of sp³-hybridized carbons (Fsp3) is 0.769. The Morgan fingerprint density at radius 1 is 0.935 bits per heavy atom. The summed E-state index contributed by atoms with van der Waals surface area (Å²) in [6.07, 6.45) is 9.41. The van der Waals surface area contributed by atoms with Gasteiger partial charge in [0.15, 0.2) is 0 Å². The first kappa shape index (κ1) is 21.9. The molecule has 0 amide bonds. The molecule has 0 unspecified atom stereocenters. The Kier molecular flexibility index (Phi) is 5.35. The van der Waals surface area contributed by atoms with Crippen molar-refractivity contribution in [2.45, 2.75) is 95.7 Å². The SMILES string of the molecule is Cc1ccc(S(=O)(=O)O[C@@H]2C[C@H]3[C@@H]4CC[C@H]5CCCC[C@]5(C)[C@H]4CC[C@]3(C)[C@@H]2O)cc1. The van der Waals surface area contributed by atoms with E-state index in [0.717, 1.165) is 17.9 Å². The highest BCUT2D eigenvalue weighted by Gasteiger charge is 2.62. The molecule has 8 atom stereocenters. The molecule has 0 radical (unpaired) electrons. The highest BCUT2D eigenvalue weighted by molar-refractivity contribution is 7.86. The number of fused-ring (bicyclic) bond motifs is 5. The summed E-state index contributed by atoms with van der Waals surface area (Å²) in [5.41, 5.74) is 1.20. The molecule has 4 aliphatic carbocycles. The van der Waals surface area contributed by atoms with E-state index in [1.165, 1.54) is 44.9 Å². The third kappa shape index (κ3) is 3.41. The molecule has 0 saturated heterocycles. The minimum atomic E-state index is -3.88. The minimum Gasteiger partial charge on any atom is -0.390 e. The maximum absolute atomic E-state index is 12.9. The summed E-state index contributed by atoms with van der Waals surface area (Å²) in [6.45, 7) is 6.66. The van der Waals surface area contributed by atoms with Gasteiger partial charge in [0.05, 0.1) is 11.0 Å². The summed E-state index contributed by atoms with van der Waals surface area (Å²) < 4.78 is 31.6. The average Bonchev–Trinajstić information content (AvgIpc) is 2.98. The lowest BCUT2D eigenvalue weighted by atomic mass is 9.45. The van der Waals surface area contributed by atoms with Crippen molar-refractivity contribution in [1.82, 2.24) is 0 Å². The van der Waals surface area contributed by atoms with E-state index in [0.29, 0.717) is 29.6 Å². The van der Waals surface area contributed by atoms with Gasteiger partial charge in [-0.15, -0.1) is 0 Å². The lowest BCUT2D eigenvalue weighted by Gasteiger charge is -2.60. The summed E-state index contributed by atoms with van der Waals surface area (Å²) in [5.74, 6) is 2.50. The van der Waals surface area contributed by atoms with Gasteiger partial charge < -0.3 is 5.11 Å². The molecule has 0 aliphatic heterocycles. The molecule has 4 nitrogen and oxygen atoms in total. The standard InChI is InChI=1S/C26H38O4S/c1-17-7-10-19(11-8-17)31(28,29)30-23-16-22-20-12-9-18-6-4-5-14-25(18,2)21(20)13-15-26(22,3)24(23)27/h7-8,10-11,18,20-24,27H,4-6,9,12-16H2,1-3H3/t18-,20-,21+,22+,23-,24-,25+,26+/m1/s1. The molecule has 31 heavy (non-hydrogen) atoms. The monoisotopic (exact) mass is 446 g/mol. The van der Waals surface area contributed by atoms with Crippen molar-refractivity contribution in [3.63, 3.8) is 0 Å². The summed E-state index contributed by atoms with van der Waals surface area (Å²) >= 11 is 0. The van der Waals surface area contributed by atoms with Crippen LogP contribution in [0.4, 0.5) is 0 Å². The van der Waals surface area contributed by atoms with Crippen molar-refractivity contribution >= 4 is 10.1 Å². The molecular formula is C26H38O4S. The number of aliphatic hydroxyl groups excluding tert-OH is 1. The third-order valence-corrected chi connectivity index (χ3v) is 11.4. The van der Waals surface area contributed by atoms with Crippen LogP contribution in [0.25, 0.3) is 0 Å². The molecule has 0 heterocycles. The van der Waals surface area contributed by atoms with Crippen LogP contribution in [-0.2, 0) is 14.3 Å². The average molecular weight is 447 g/mol. The topological polar surface area (TPSA) is 63.6 Å². The Balaban J connectivity index is 1.39. The lowest BCUT2D eigenvalue weighted by molar-refractivity contribution is -0.122. The van der Waals surface area contributed by atoms with Crippen LogP contribution >= 0.6 is 0 Å². The summed E-state index contributed by atoms with van der Waals surface area (Å²) in [5, 5.41) is 11.3. The zero-order chi connectivity index (χ0) is 22.0. The van der Waals surface area contributed by atoms with Gasteiger partial charge in [0, 0.05) is 0 Å². The Hall–Kier alpha value is -0.910. The molecule has 4 saturated carbocycles. The summed E-state index contributed by atoms with van der Waals surface area (Å²) in [6, 6.07) is 6.77. The Bertz CT molecular complexity index is 925. The highest BCUT2D eigenvalue weighted by atomic mass is 32.2. The molecule has 1 aromatic rings. The Morgan fingerprint density at radius 3 is 2.42 bits per heavy atom. The molecule has 1 aromatic carbocycles. The summed E-state index contributed by atoms with van der Waals surface area (Å²) in [7, 11) is -3.88. The Labute approximate surface area is 187 Å². The molecule has 1 N–H and O–H groups in total. The van der Waals surface area contributed by atoms with Crippen molar-refractivity contribution in [3.8, 4) is 0 Å². The van der Waals surface area contributed by atoms with Crippen LogP contribution in [0.5, 0.6) is 0 Å². The van der Waals surface area contributed by atoms with E-state index >= 15 is 0 Å². The fourth-order valence-corrected chi connectivity index (χ4v) is 9.36. The van der Waals surface area contributed by atoms with Crippen LogP contribution in [0.1, 0.15) is 77.2 Å². The van der Waals surface area contributed by atoms with Gasteiger partial charge >= 0.3 is 0 Å². The van der Waals surface area contributed by atoms with Crippen LogP contribution < -0.4 is 0 Å². The molecule has 4 fully saturated rings. The number of rotatable bonds is 3. The van der Waals surface area contributed by atoms with E-state index in [-0.39, 0.29) is 10.3 Å². The summed E-state index contributed by atoms with van der Waals surface area (Å²) in [4.78, 5) is 0.179. The Morgan fingerprint density at radius 2 is 1.68 bits per heavy atom. The fourth-order valence-electron chi connectivity index (χ4n) is 8.27. The normalized spacial score (nSPS) is 44.9. The van der Waals surface area contributed by atoms with E-state index in [1.54, 1.807) is 24.3 Å². The zero-order valence-corrected chi connectivity index (χ0v) is 20.0. The van der Waals surface area contributed by atoms with Crippen LogP contribution in [0, 0.1) is 41.4 Å². The molecule has 0 aromatic heterocycles. The van der Waals surface area contributed by atoms with Crippen molar-refractivity contribution in [2.75, 3.05) is 0 Å². The smallest absolute Gasteiger partial charge is 0.297 e. The van der Waals surface area contributed by atoms with Gasteiger partial charge in [0.1, 0.15) is 6.10 Å². The van der Waals surface area contributed by atoms with Gasteiger partial charge in [-0.05, 0) is 98.5 Å². The predicted molar refractivity (Wildman–Crippen MR) is 121 cm³/mol. The molecule has 5 heteroatoms. The second kappa shape index (κ2) is 7.56. The van der Waals surface area contributed by atoms with Crippen LogP contribution in [0.2, 0.25) is 0 Å². The van der Waals surface area contributed by atoms with E-state index in [1.807, 2.05) is 6.92 Å². The van der Waals surface area contributed by atoms with Crippen molar-refractivity contribution in [3.05, 3.63) is 29.8 Å². The maximum Gasteiger partial charge on any atom is 0.297 e. The minimum absolute atomic E-state index is 0.179. The van der Waals surface area contributed by atoms with Gasteiger partial charge in [-0.1, -0.05) is 44.4 Å². The van der Waals surface area contributed by atoms with Crippen molar-refractivity contribution < 1.29 is 17.7 Å². The van der Waals surface area contributed by atoms with Gasteiger partial charge in [0.2, 0.25) is 0 Å². The van der Waals surface area contributed by atoms with Gasteiger partial charge in [-0.25, -0.2) is 0 Å². The van der Waals surface area contributed by atoms with Gasteiger partial charge in [-0.2, -0.15) is 8.42 Å². The number of hydrogen-bond acceptors (Lipinski definition) is 4. The third-order valence-electron chi connectivity index (χ3n) is 10.1. The molecule has 5 rings (SSSR count).